The molecule has 0 radical (unpaired) electrons. The van der Waals surface area contributed by atoms with E-state index in [9.17, 15) is 19.2 Å². The van der Waals surface area contributed by atoms with Crippen molar-refractivity contribution in [3.63, 3.8) is 0 Å². The maximum atomic E-state index is 11.9. The highest BCUT2D eigenvalue weighted by Gasteiger charge is 2.20. The summed E-state index contributed by atoms with van der Waals surface area (Å²) in [4.78, 5) is 46.6. The zero-order valence-corrected chi connectivity index (χ0v) is 15.6. The summed E-state index contributed by atoms with van der Waals surface area (Å²) in [6.07, 6.45) is 1.12. The minimum absolute atomic E-state index is 0.0360. The molecule has 2 N–H and O–H groups in total. The van der Waals surface area contributed by atoms with Gasteiger partial charge in [0.05, 0.1) is 18.8 Å². The van der Waals surface area contributed by atoms with Gasteiger partial charge in [0.2, 0.25) is 5.43 Å². The van der Waals surface area contributed by atoms with Crippen LogP contribution in [0.1, 0.15) is 6.92 Å². The number of anilines is 1. The molecule has 1 aliphatic heterocycles. The van der Waals surface area contributed by atoms with E-state index in [1.165, 1.54) is 0 Å². The van der Waals surface area contributed by atoms with E-state index in [2.05, 4.69) is 9.80 Å². The van der Waals surface area contributed by atoms with Gasteiger partial charge in [-0.2, -0.15) is 0 Å². The van der Waals surface area contributed by atoms with Crippen LogP contribution in [0.25, 0.3) is 0 Å². The Morgan fingerprint density at radius 1 is 1.00 bits per heavy atom. The van der Waals surface area contributed by atoms with Crippen LogP contribution in [0.15, 0.2) is 47.3 Å². The third kappa shape index (κ3) is 8.95. The summed E-state index contributed by atoms with van der Waals surface area (Å²) < 4.78 is 4.94. The topological polar surface area (TPSA) is 124 Å². The Bertz CT molecular complexity index is 740. The van der Waals surface area contributed by atoms with Crippen LogP contribution in [0.5, 0.6) is 0 Å². The van der Waals surface area contributed by atoms with Gasteiger partial charge < -0.3 is 19.8 Å². The van der Waals surface area contributed by atoms with E-state index in [1.807, 2.05) is 18.2 Å². The number of ether oxygens (including phenoxy) is 1. The van der Waals surface area contributed by atoms with Crippen molar-refractivity contribution in [3.05, 3.63) is 52.7 Å². The molecule has 9 heteroatoms. The number of carboxylic acids is 2. The van der Waals surface area contributed by atoms with Crippen molar-refractivity contribution in [1.29, 1.82) is 0 Å². The first-order valence-electron chi connectivity index (χ1n) is 8.69. The van der Waals surface area contributed by atoms with Crippen LogP contribution >= 0.6 is 0 Å². The summed E-state index contributed by atoms with van der Waals surface area (Å²) in [5, 5.41) is 15.6. The number of esters is 1. The SMILES string of the molecule is CCOC(=O)CN1CCN(c2cccccc2=O)CC1.O=C(O)/C=C\C(=O)O. The zero-order valence-electron chi connectivity index (χ0n) is 15.6. The van der Waals surface area contributed by atoms with Gasteiger partial charge in [0.1, 0.15) is 0 Å². The van der Waals surface area contributed by atoms with E-state index >= 15 is 0 Å². The smallest absolute Gasteiger partial charge is 0.328 e. The van der Waals surface area contributed by atoms with Crippen LogP contribution in [0.2, 0.25) is 0 Å². The molecule has 28 heavy (non-hydrogen) atoms. The second-order valence-electron chi connectivity index (χ2n) is 5.74. The molecule has 0 bridgehead atoms. The summed E-state index contributed by atoms with van der Waals surface area (Å²) in [5.41, 5.74) is 0.764. The molecule has 1 aromatic rings. The van der Waals surface area contributed by atoms with Crippen molar-refractivity contribution < 1.29 is 29.3 Å². The summed E-state index contributed by atoms with van der Waals surface area (Å²) in [6, 6.07) is 8.91. The summed E-state index contributed by atoms with van der Waals surface area (Å²) in [5.74, 6) is -2.70. The number of hydrogen-bond donors (Lipinski definition) is 2. The minimum atomic E-state index is -1.26. The van der Waals surface area contributed by atoms with Gasteiger partial charge in [-0.1, -0.05) is 18.2 Å². The number of aliphatic carboxylic acids is 2. The lowest BCUT2D eigenvalue weighted by molar-refractivity contribution is -0.144. The van der Waals surface area contributed by atoms with Gasteiger partial charge in [-0.05, 0) is 19.1 Å². The molecule has 1 saturated heterocycles. The van der Waals surface area contributed by atoms with Crippen LogP contribution in [-0.4, -0.2) is 72.4 Å². The maximum Gasteiger partial charge on any atom is 0.328 e. The molecule has 0 atom stereocenters. The van der Waals surface area contributed by atoms with Gasteiger partial charge in [-0.3, -0.25) is 14.5 Å². The van der Waals surface area contributed by atoms with Crippen LogP contribution in [0.3, 0.4) is 0 Å². The Balaban J connectivity index is 0.000000416. The minimum Gasteiger partial charge on any atom is -0.478 e. The standard InChI is InChI=1S/C15H20N2O3.C4H4O4/c1-2-20-15(19)12-16-8-10-17(11-9-16)13-6-4-3-5-7-14(13)18;5-3(6)1-2-4(7)8/h3-7H,2,8-12H2,1H3;1-2H,(H,5,6)(H,7,8)/b;2-1-. The number of hydrogen-bond acceptors (Lipinski definition) is 7. The Morgan fingerprint density at radius 3 is 2.11 bits per heavy atom. The van der Waals surface area contributed by atoms with E-state index in [0.29, 0.717) is 25.3 Å². The quantitative estimate of drug-likeness (QED) is 0.524. The average Bonchev–Trinajstić information content (AvgIpc) is 2.86. The fourth-order valence-corrected chi connectivity index (χ4v) is 2.46. The highest BCUT2D eigenvalue weighted by molar-refractivity contribution is 5.89. The lowest BCUT2D eigenvalue weighted by atomic mass is 10.2. The lowest BCUT2D eigenvalue weighted by Gasteiger charge is -2.34. The summed E-state index contributed by atoms with van der Waals surface area (Å²) in [6.45, 7) is 5.57. The molecular formula is C19H24N2O7. The van der Waals surface area contributed by atoms with E-state index < -0.39 is 11.9 Å². The molecule has 0 aliphatic carbocycles. The molecule has 0 saturated carbocycles. The van der Waals surface area contributed by atoms with Crippen LogP contribution in [0, 0.1) is 0 Å². The molecule has 1 aliphatic rings. The molecule has 0 spiro atoms. The summed E-state index contributed by atoms with van der Waals surface area (Å²) >= 11 is 0. The monoisotopic (exact) mass is 392 g/mol. The summed E-state index contributed by atoms with van der Waals surface area (Å²) in [7, 11) is 0. The molecule has 1 fully saturated rings. The van der Waals surface area contributed by atoms with E-state index in [-0.39, 0.29) is 11.4 Å². The first kappa shape index (κ1) is 22.8. The lowest BCUT2D eigenvalue weighted by Crippen LogP contribution is -2.49. The van der Waals surface area contributed by atoms with Gasteiger partial charge >= 0.3 is 17.9 Å². The first-order valence-corrected chi connectivity index (χ1v) is 8.69. The predicted octanol–water partition coefficient (Wildman–Crippen LogP) is 0.444. The van der Waals surface area contributed by atoms with Gasteiger partial charge in [-0.15, -0.1) is 0 Å². The van der Waals surface area contributed by atoms with E-state index in [0.717, 1.165) is 31.9 Å². The number of carbonyl (C=O) groups excluding carboxylic acids is 1. The van der Waals surface area contributed by atoms with Gasteiger partial charge in [0, 0.05) is 38.3 Å². The largest absolute Gasteiger partial charge is 0.478 e. The molecule has 0 aromatic heterocycles. The molecule has 9 nitrogen and oxygen atoms in total. The molecule has 1 heterocycles. The average molecular weight is 392 g/mol. The van der Waals surface area contributed by atoms with Crippen LogP contribution in [0.4, 0.5) is 5.69 Å². The van der Waals surface area contributed by atoms with Crippen molar-refractivity contribution in [1.82, 2.24) is 4.90 Å². The number of rotatable bonds is 6. The predicted molar refractivity (Wildman–Crippen MR) is 102 cm³/mol. The molecule has 2 rings (SSSR count). The fraction of sp³-hybridized carbons (Fsp3) is 0.368. The normalized spacial score (nSPS) is 14.1. The zero-order chi connectivity index (χ0) is 20.9. The first-order chi connectivity index (χ1) is 13.3. The van der Waals surface area contributed by atoms with Gasteiger partial charge in [0.15, 0.2) is 0 Å². The Morgan fingerprint density at radius 2 is 1.57 bits per heavy atom. The molecule has 0 amide bonds. The van der Waals surface area contributed by atoms with Crippen molar-refractivity contribution in [3.8, 4) is 0 Å². The second-order valence-corrected chi connectivity index (χ2v) is 5.74. The fourth-order valence-electron chi connectivity index (χ4n) is 2.46. The van der Waals surface area contributed by atoms with Gasteiger partial charge in [-0.25, -0.2) is 9.59 Å². The Labute approximate surface area is 162 Å². The van der Waals surface area contributed by atoms with Crippen molar-refractivity contribution in [2.45, 2.75) is 6.92 Å². The van der Waals surface area contributed by atoms with Crippen LogP contribution < -0.4 is 10.3 Å². The molecule has 1 aromatic carbocycles. The molecule has 0 unspecified atom stereocenters. The number of carbonyl (C=O) groups is 3. The molecular weight excluding hydrogens is 368 g/mol. The van der Waals surface area contributed by atoms with E-state index in [4.69, 9.17) is 14.9 Å². The Hall–Kier alpha value is -3.20. The van der Waals surface area contributed by atoms with Gasteiger partial charge in [0.25, 0.3) is 0 Å². The van der Waals surface area contributed by atoms with Crippen molar-refractivity contribution >= 4 is 23.6 Å². The Kier molecular flexibility index (Phi) is 9.98. The van der Waals surface area contributed by atoms with E-state index in [1.54, 1.807) is 19.1 Å². The second kappa shape index (κ2) is 12.2. The highest BCUT2D eigenvalue weighted by atomic mass is 16.5. The maximum absolute atomic E-state index is 11.9. The number of nitrogens with zero attached hydrogens (tertiary/aromatic N) is 2. The van der Waals surface area contributed by atoms with Crippen molar-refractivity contribution in [2.24, 2.45) is 0 Å². The van der Waals surface area contributed by atoms with Crippen molar-refractivity contribution in [2.75, 3.05) is 44.2 Å². The third-order valence-electron chi connectivity index (χ3n) is 3.72. The number of piperazine rings is 1. The van der Waals surface area contributed by atoms with Crippen LogP contribution in [-0.2, 0) is 19.1 Å². The number of carboxylic acid groups (broad SMARTS) is 2. The highest BCUT2D eigenvalue weighted by Crippen LogP contribution is 2.10. The third-order valence-corrected chi connectivity index (χ3v) is 3.72. The molecule has 152 valence electrons.